The van der Waals surface area contributed by atoms with Gasteiger partial charge in [-0.05, 0) is 85.4 Å². The maximum Gasteiger partial charge on any atom is 0.187 e. The first-order valence-electron chi connectivity index (χ1n) is 24.0. The second-order valence-corrected chi connectivity index (χ2v) is 22.9. The van der Waals surface area contributed by atoms with Crippen molar-refractivity contribution in [1.29, 1.82) is 0 Å². The summed E-state index contributed by atoms with van der Waals surface area (Å²) in [7, 11) is 0. The molecule has 0 radical (unpaired) electrons. The third-order valence-electron chi connectivity index (χ3n) is 19.6. The van der Waals surface area contributed by atoms with Gasteiger partial charge in [-0.2, -0.15) is 0 Å². The van der Waals surface area contributed by atoms with Crippen molar-refractivity contribution in [3.8, 4) is 0 Å². The zero-order valence-corrected chi connectivity index (χ0v) is 38.6. The fraction of sp³-hybridized carbons (Fsp3) is 0.957. The minimum Gasteiger partial charge on any atom is -0.396 e. The lowest BCUT2D eigenvalue weighted by atomic mass is 9.33. The molecule has 4 saturated heterocycles. The molecule has 4 heterocycles. The molecule has 0 bridgehead atoms. The molecule has 4 aliphatic heterocycles. The van der Waals surface area contributed by atoms with E-state index in [4.69, 9.17) is 33.2 Å². The molecule has 27 atom stereocenters. The Morgan fingerprint density at radius 3 is 2.00 bits per heavy atom. The molecule has 17 nitrogen and oxygen atoms in total. The van der Waals surface area contributed by atoms with Crippen molar-refractivity contribution < 1.29 is 84.2 Å². The molecule has 10 N–H and O–H groups in total. The van der Waals surface area contributed by atoms with E-state index in [1.54, 1.807) is 6.92 Å². The second-order valence-electron chi connectivity index (χ2n) is 22.9. The first-order valence-corrected chi connectivity index (χ1v) is 24.0. The van der Waals surface area contributed by atoms with Gasteiger partial charge in [0.2, 0.25) is 0 Å². The van der Waals surface area contributed by atoms with Gasteiger partial charge in [-0.25, -0.2) is 0 Å². The zero-order valence-electron chi connectivity index (χ0n) is 38.6. The third kappa shape index (κ3) is 6.79. The molecular weight excluding hydrogens is 836 g/mol. The highest BCUT2D eigenvalue weighted by atomic mass is 16.8. The van der Waals surface area contributed by atoms with E-state index in [0.29, 0.717) is 24.7 Å². The maximum absolute atomic E-state index is 12.6. The quantitative estimate of drug-likeness (QED) is 0.0879. The van der Waals surface area contributed by atoms with Crippen LogP contribution in [0.4, 0.5) is 0 Å². The van der Waals surface area contributed by atoms with Crippen molar-refractivity contribution in [2.75, 3.05) is 19.8 Å². The predicted molar refractivity (Wildman–Crippen MR) is 223 cm³/mol. The highest BCUT2D eigenvalue weighted by Crippen LogP contribution is 2.79. The van der Waals surface area contributed by atoms with Crippen molar-refractivity contribution in [2.45, 2.75) is 204 Å². The zero-order chi connectivity index (χ0) is 46.4. The Bertz CT molecular complexity index is 1750. The van der Waals surface area contributed by atoms with Crippen LogP contribution < -0.4 is 0 Å². The Morgan fingerprint density at radius 2 is 1.33 bits per heavy atom. The lowest BCUT2D eigenvalue weighted by molar-refractivity contribution is -0.393. The summed E-state index contributed by atoms with van der Waals surface area (Å²) in [5.74, 6) is 0.905. The number of ether oxygens (including phenoxy) is 7. The van der Waals surface area contributed by atoms with Crippen LogP contribution in [0, 0.1) is 56.7 Å². The average molecular weight is 913 g/mol. The molecular formula is C47H76O17. The maximum atomic E-state index is 12.6. The van der Waals surface area contributed by atoms with E-state index in [1.807, 2.05) is 0 Å². The summed E-state index contributed by atoms with van der Waals surface area (Å²) >= 11 is 0. The summed E-state index contributed by atoms with van der Waals surface area (Å²) in [6.07, 6.45) is -15.4. The second kappa shape index (κ2) is 16.6. The van der Waals surface area contributed by atoms with Crippen LogP contribution >= 0.6 is 0 Å². The Balaban J connectivity index is 0.983. The smallest absolute Gasteiger partial charge is 0.187 e. The third-order valence-corrected chi connectivity index (χ3v) is 19.6. The molecule has 64 heavy (non-hydrogen) atoms. The molecule has 0 aromatic carbocycles. The van der Waals surface area contributed by atoms with Gasteiger partial charge < -0.3 is 84.2 Å². The van der Waals surface area contributed by atoms with Gasteiger partial charge in [-0.3, -0.25) is 0 Å². The largest absolute Gasteiger partial charge is 0.396 e. The van der Waals surface area contributed by atoms with Gasteiger partial charge in [0.25, 0.3) is 0 Å². The summed E-state index contributed by atoms with van der Waals surface area (Å²) in [6.45, 7) is 16.6. The van der Waals surface area contributed by atoms with Crippen molar-refractivity contribution in [1.82, 2.24) is 0 Å². The van der Waals surface area contributed by atoms with Crippen LogP contribution in [0.3, 0.4) is 0 Å². The molecule has 0 aromatic rings. The van der Waals surface area contributed by atoms with Crippen molar-refractivity contribution in [2.24, 2.45) is 56.7 Å². The van der Waals surface area contributed by atoms with Crippen LogP contribution in [0.5, 0.6) is 0 Å². The van der Waals surface area contributed by atoms with Crippen LogP contribution in [-0.2, 0) is 33.2 Å². The summed E-state index contributed by atoms with van der Waals surface area (Å²) in [6, 6.07) is 0. The normalized spacial score (nSPS) is 59.0. The van der Waals surface area contributed by atoms with Gasteiger partial charge >= 0.3 is 0 Å². The number of aliphatic hydroxyl groups excluding tert-OH is 10. The molecule has 0 amide bonds. The van der Waals surface area contributed by atoms with E-state index in [9.17, 15) is 51.1 Å². The predicted octanol–water partition coefficient (Wildman–Crippen LogP) is 0.0945. The topological polar surface area (TPSA) is 270 Å². The van der Waals surface area contributed by atoms with Crippen LogP contribution in [0.25, 0.3) is 0 Å². The van der Waals surface area contributed by atoms with Gasteiger partial charge in [0, 0.05) is 16.7 Å². The minimum atomic E-state index is -1.80. The molecule has 366 valence electrons. The number of hydrogen-bond acceptors (Lipinski definition) is 17. The molecule has 9 rings (SSSR count). The Morgan fingerprint density at radius 1 is 0.672 bits per heavy atom. The summed E-state index contributed by atoms with van der Waals surface area (Å²) in [5.41, 5.74) is -0.559. The van der Waals surface area contributed by atoms with Gasteiger partial charge in [0.05, 0.1) is 50.3 Å². The molecule has 5 aliphatic carbocycles. The summed E-state index contributed by atoms with van der Waals surface area (Å²) in [4.78, 5) is 0. The van der Waals surface area contributed by atoms with Crippen LogP contribution in [0.15, 0.2) is 11.6 Å². The van der Waals surface area contributed by atoms with Crippen molar-refractivity contribution in [3.63, 3.8) is 0 Å². The molecule has 0 unspecified atom stereocenters. The van der Waals surface area contributed by atoms with Gasteiger partial charge in [0.1, 0.15) is 61.0 Å². The van der Waals surface area contributed by atoms with E-state index in [-0.39, 0.29) is 58.2 Å². The van der Waals surface area contributed by atoms with E-state index in [0.717, 1.165) is 25.7 Å². The van der Waals surface area contributed by atoms with Crippen LogP contribution in [0.1, 0.15) is 93.9 Å². The number of hydrogen-bond donors (Lipinski definition) is 10. The fourth-order valence-electron chi connectivity index (χ4n) is 15.6. The van der Waals surface area contributed by atoms with Gasteiger partial charge in [-0.15, -0.1) is 0 Å². The first kappa shape index (κ1) is 48.1. The number of rotatable bonds is 8. The van der Waals surface area contributed by atoms with Crippen molar-refractivity contribution in [3.05, 3.63) is 11.6 Å². The number of fused-ring (bicyclic) bond motifs is 10. The Hall–Kier alpha value is -0.940. The molecule has 0 spiro atoms. The van der Waals surface area contributed by atoms with E-state index in [1.165, 1.54) is 5.57 Å². The highest BCUT2D eigenvalue weighted by Gasteiger charge is 2.79. The number of epoxide rings is 1. The average Bonchev–Trinajstić information content (AvgIpc) is 4.07. The first-order chi connectivity index (χ1) is 30.0. The summed E-state index contributed by atoms with van der Waals surface area (Å²) < 4.78 is 43.5. The van der Waals surface area contributed by atoms with Gasteiger partial charge in [-0.1, -0.05) is 60.1 Å². The fourth-order valence-corrected chi connectivity index (χ4v) is 15.6. The standard InChI is InChI=1S/C47H76O17/c1-19-9-14-47(18-49)28(20(19)2)22-15-23(50)37-44(6)12-11-27(43(4,5)26(44)10-13-45(37,7)46(22,8)38-39(47)64-38)61-41-35(32(55)29(52)21(3)59-41)63-42-36(33(56)31(54)25(16-48)60-42)62-40-34(57)30(53)24(51)17-58-40/h15,19-21,23-42,48-57H,9-14,16-18H2,1-8H3/t19-,20+,21-,23-,24-,25-,26+,27+,28+,29-,30+,31-,32-,33+,34-,35-,36-,37-,38+,39-,40+,41+,42+,44+,45-,46+,47-/m1/s1. The van der Waals surface area contributed by atoms with Crippen LogP contribution in [0.2, 0.25) is 0 Å². The molecule has 4 saturated carbocycles. The number of aliphatic hydroxyl groups is 10. The molecule has 17 heteroatoms. The molecule has 9 aliphatic rings. The van der Waals surface area contributed by atoms with Crippen LogP contribution in [-0.4, -0.2) is 181 Å². The highest BCUT2D eigenvalue weighted by molar-refractivity contribution is 5.42. The lowest BCUT2D eigenvalue weighted by Gasteiger charge is -2.71. The summed E-state index contributed by atoms with van der Waals surface area (Å²) in [5, 5.41) is 110. The van der Waals surface area contributed by atoms with E-state index in [2.05, 4.69) is 54.5 Å². The van der Waals surface area contributed by atoms with E-state index < -0.39 is 117 Å². The minimum absolute atomic E-state index is 0.0156. The Labute approximate surface area is 376 Å². The SMILES string of the molecule is C[C@H]1[C@H](C)CC[C@]2(CO)[C@@H]3O[C@@H]3[C@]3(C)C(=C[C@@H](O)[C@@H]4[C@@]5(C)CC[C@H](O[C@@H]6O[C@H](C)[C@@H](O)[C@@H](O)[C@H]6O[C@@H]6O[C@H](CO)[C@@H](O)[C@H](O)[C@H]6O[C@@H]6OC[C@@H](O)[C@H](O)[C@H]6O)C(C)(C)[C@@H]5CC[C@]43C)[C@H]12. The van der Waals surface area contributed by atoms with Gasteiger partial charge in [0.15, 0.2) is 18.9 Å². The molecule has 0 aromatic heterocycles. The van der Waals surface area contributed by atoms with E-state index >= 15 is 0 Å². The van der Waals surface area contributed by atoms with Crippen molar-refractivity contribution >= 4 is 0 Å². The lowest BCUT2D eigenvalue weighted by Crippen LogP contribution is -2.70. The monoisotopic (exact) mass is 913 g/mol. The molecule has 8 fully saturated rings. The Kier molecular flexibility index (Phi) is 12.5.